The second kappa shape index (κ2) is 8.67. The summed E-state index contributed by atoms with van der Waals surface area (Å²) in [6.07, 6.45) is 2.13. The second-order valence-corrected chi connectivity index (χ2v) is 5.69. The summed E-state index contributed by atoms with van der Waals surface area (Å²) in [5, 5.41) is 6.52. The molecule has 132 valence electrons. The summed E-state index contributed by atoms with van der Waals surface area (Å²) >= 11 is 0. The van der Waals surface area contributed by atoms with Gasteiger partial charge in [-0.15, -0.1) is 0 Å². The summed E-state index contributed by atoms with van der Waals surface area (Å²) in [4.78, 5) is 17.2. The highest BCUT2D eigenvalue weighted by molar-refractivity contribution is 6.25. The Morgan fingerprint density at radius 1 is 1.08 bits per heavy atom. The number of esters is 1. The van der Waals surface area contributed by atoms with Crippen molar-refractivity contribution in [3.63, 3.8) is 0 Å². The molecule has 26 heavy (non-hydrogen) atoms. The van der Waals surface area contributed by atoms with Gasteiger partial charge in [0.05, 0.1) is 17.5 Å². The number of hydrogen-bond donors (Lipinski definition) is 2. The zero-order chi connectivity index (χ0) is 18.2. The third kappa shape index (κ3) is 4.19. The van der Waals surface area contributed by atoms with Gasteiger partial charge in [-0.2, -0.15) is 0 Å². The summed E-state index contributed by atoms with van der Waals surface area (Å²) in [5.74, 6) is 0.170. The fraction of sp³-hybridized carbons (Fsp3) is 0.143. The molecule has 1 aliphatic heterocycles. The van der Waals surface area contributed by atoms with Crippen molar-refractivity contribution in [1.29, 1.82) is 0 Å². The number of aliphatic imine (C=N–C) groups is 1. The Bertz CT molecular complexity index is 827. The predicted molar refractivity (Wildman–Crippen MR) is 104 cm³/mol. The number of hydrogen-bond acceptors (Lipinski definition) is 5. The Morgan fingerprint density at radius 2 is 1.73 bits per heavy atom. The number of ether oxygens (including phenoxy) is 1. The average molecular weight is 347 g/mol. The van der Waals surface area contributed by atoms with Crippen LogP contribution in [0, 0.1) is 0 Å². The van der Waals surface area contributed by atoms with Gasteiger partial charge in [-0.1, -0.05) is 67.2 Å². The fourth-order valence-electron chi connectivity index (χ4n) is 2.72. The van der Waals surface area contributed by atoms with Gasteiger partial charge in [0.1, 0.15) is 0 Å². The van der Waals surface area contributed by atoms with Crippen LogP contribution in [0.25, 0.3) is 11.3 Å². The molecule has 3 rings (SSSR count). The normalized spacial score (nSPS) is 14.4. The summed E-state index contributed by atoms with van der Waals surface area (Å²) in [5.41, 5.74) is 2.67. The van der Waals surface area contributed by atoms with E-state index >= 15 is 0 Å². The topological polar surface area (TPSA) is 62.7 Å². The SMILES string of the molecule is C=COC(=O)C(=C(NC1=NCCCN1)c1ccccc1)c1ccccc1. The van der Waals surface area contributed by atoms with Crippen LogP contribution in [0.3, 0.4) is 0 Å². The van der Waals surface area contributed by atoms with Gasteiger partial charge in [-0.05, 0) is 17.5 Å². The molecule has 0 saturated carbocycles. The van der Waals surface area contributed by atoms with Gasteiger partial charge in [-0.3, -0.25) is 4.99 Å². The Balaban J connectivity index is 2.16. The number of rotatable bonds is 5. The van der Waals surface area contributed by atoms with E-state index in [0.29, 0.717) is 17.2 Å². The maximum atomic E-state index is 12.7. The Kier molecular flexibility index (Phi) is 5.83. The molecule has 2 N–H and O–H groups in total. The van der Waals surface area contributed by atoms with E-state index in [1.807, 2.05) is 60.7 Å². The van der Waals surface area contributed by atoms with E-state index < -0.39 is 5.97 Å². The molecule has 0 aromatic heterocycles. The smallest absolute Gasteiger partial charge is 0.345 e. The Hall–Kier alpha value is -3.34. The molecule has 0 aliphatic carbocycles. The zero-order valence-electron chi connectivity index (χ0n) is 14.4. The van der Waals surface area contributed by atoms with Crippen molar-refractivity contribution >= 4 is 23.2 Å². The van der Waals surface area contributed by atoms with Crippen molar-refractivity contribution in [2.45, 2.75) is 6.42 Å². The highest BCUT2D eigenvalue weighted by atomic mass is 16.5. The van der Waals surface area contributed by atoms with Crippen molar-refractivity contribution in [1.82, 2.24) is 10.6 Å². The molecule has 0 spiro atoms. The van der Waals surface area contributed by atoms with E-state index in [2.05, 4.69) is 22.2 Å². The molecule has 1 heterocycles. The van der Waals surface area contributed by atoms with Crippen LogP contribution in [0.1, 0.15) is 17.5 Å². The van der Waals surface area contributed by atoms with E-state index in [0.717, 1.165) is 36.9 Å². The third-order valence-electron chi connectivity index (χ3n) is 3.91. The molecule has 0 fully saturated rings. The van der Waals surface area contributed by atoms with Crippen LogP contribution >= 0.6 is 0 Å². The van der Waals surface area contributed by atoms with Crippen LogP contribution in [0.15, 0.2) is 78.5 Å². The predicted octanol–water partition coefficient (Wildman–Crippen LogP) is 3.18. The number of guanidine groups is 1. The molecular formula is C21H21N3O2. The molecule has 0 amide bonds. The molecule has 5 heteroatoms. The molecular weight excluding hydrogens is 326 g/mol. The van der Waals surface area contributed by atoms with E-state index in [9.17, 15) is 4.79 Å². The van der Waals surface area contributed by atoms with Gasteiger partial charge >= 0.3 is 5.97 Å². The van der Waals surface area contributed by atoms with E-state index in [1.165, 1.54) is 0 Å². The lowest BCUT2D eigenvalue weighted by Gasteiger charge is -2.21. The van der Waals surface area contributed by atoms with Gasteiger partial charge in [0.15, 0.2) is 5.96 Å². The summed E-state index contributed by atoms with van der Waals surface area (Å²) in [7, 11) is 0. The highest BCUT2D eigenvalue weighted by Gasteiger charge is 2.21. The minimum Gasteiger partial charge on any atom is -0.431 e. The van der Waals surface area contributed by atoms with Gasteiger partial charge in [0.2, 0.25) is 0 Å². The Morgan fingerprint density at radius 3 is 2.31 bits per heavy atom. The van der Waals surface area contributed by atoms with Gasteiger partial charge in [-0.25, -0.2) is 4.79 Å². The number of nitrogens with one attached hydrogen (secondary N) is 2. The summed E-state index contributed by atoms with van der Waals surface area (Å²) < 4.78 is 5.12. The quantitative estimate of drug-likeness (QED) is 0.377. The van der Waals surface area contributed by atoms with Crippen molar-refractivity contribution in [3.8, 4) is 0 Å². The first-order chi connectivity index (χ1) is 12.8. The molecule has 0 radical (unpaired) electrons. The first kappa shape index (κ1) is 17.5. The molecule has 1 aliphatic rings. The number of benzene rings is 2. The minimum atomic E-state index is -0.478. The first-order valence-electron chi connectivity index (χ1n) is 8.52. The average Bonchev–Trinajstić information content (AvgIpc) is 2.70. The number of carbonyl (C=O) groups is 1. The Labute approximate surface area is 153 Å². The molecule has 2 aromatic rings. The number of nitrogens with zero attached hydrogens (tertiary/aromatic N) is 1. The lowest BCUT2D eigenvalue weighted by Crippen LogP contribution is -2.40. The third-order valence-corrected chi connectivity index (χ3v) is 3.91. The molecule has 0 atom stereocenters. The summed E-state index contributed by atoms with van der Waals surface area (Å²) in [6.45, 7) is 5.09. The van der Waals surface area contributed by atoms with Crippen molar-refractivity contribution < 1.29 is 9.53 Å². The first-order valence-corrected chi connectivity index (χ1v) is 8.52. The lowest BCUT2D eigenvalue weighted by molar-refractivity contribution is -0.131. The van der Waals surface area contributed by atoms with Crippen LogP contribution in [0.2, 0.25) is 0 Å². The van der Waals surface area contributed by atoms with E-state index in [-0.39, 0.29) is 0 Å². The van der Waals surface area contributed by atoms with Crippen LogP contribution in [0.5, 0.6) is 0 Å². The monoisotopic (exact) mass is 347 g/mol. The molecule has 0 bridgehead atoms. The van der Waals surface area contributed by atoms with Gasteiger partial charge in [0, 0.05) is 13.1 Å². The van der Waals surface area contributed by atoms with Crippen LogP contribution in [0.4, 0.5) is 0 Å². The van der Waals surface area contributed by atoms with Crippen LogP contribution in [-0.2, 0) is 9.53 Å². The summed E-state index contributed by atoms with van der Waals surface area (Å²) in [6, 6.07) is 19.1. The van der Waals surface area contributed by atoms with Crippen molar-refractivity contribution in [2.75, 3.05) is 13.1 Å². The van der Waals surface area contributed by atoms with Crippen molar-refractivity contribution in [2.24, 2.45) is 4.99 Å². The number of carbonyl (C=O) groups excluding carboxylic acids is 1. The van der Waals surface area contributed by atoms with Gasteiger partial charge < -0.3 is 15.4 Å². The van der Waals surface area contributed by atoms with Gasteiger partial charge in [0.25, 0.3) is 0 Å². The fourth-order valence-corrected chi connectivity index (χ4v) is 2.72. The van der Waals surface area contributed by atoms with Crippen molar-refractivity contribution in [3.05, 3.63) is 84.6 Å². The van der Waals surface area contributed by atoms with E-state index in [4.69, 9.17) is 4.74 Å². The zero-order valence-corrected chi connectivity index (χ0v) is 14.4. The standard InChI is InChI=1S/C21H21N3O2/c1-2-26-20(25)18(16-10-5-3-6-11-16)19(17-12-7-4-8-13-17)24-21-22-14-9-15-23-21/h2-8,10-13H,1,9,14-15H2,(H2,22,23,24). The largest absolute Gasteiger partial charge is 0.431 e. The minimum absolute atomic E-state index is 0.423. The molecule has 0 unspecified atom stereocenters. The van der Waals surface area contributed by atoms with Crippen LogP contribution in [-0.4, -0.2) is 25.0 Å². The molecule has 5 nitrogen and oxygen atoms in total. The highest BCUT2D eigenvalue weighted by Crippen LogP contribution is 2.26. The molecule has 0 saturated heterocycles. The second-order valence-electron chi connectivity index (χ2n) is 5.69. The molecule has 2 aromatic carbocycles. The maximum absolute atomic E-state index is 12.7. The lowest BCUT2D eigenvalue weighted by atomic mass is 9.99. The van der Waals surface area contributed by atoms with E-state index in [1.54, 1.807) is 0 Å². The maximum Gasteiger partial charge on any atom is 0.345 e. The van der Waals surface area contributed by atoms with Crippen LogP contribution < -0.4 is 10.6 Å².